The number of anilines is 1. The molecule has 1 nitrogen and oxygen atoms in total. The number of para-hydroxylation sites is 1. The lowest BCUT2D eigenvalue weighted by molar-refractivity contribution is 0.577. The molecule has 1 aromatic rings. The molecular weight excluding hydrogens is 229 g/mol. The van der Waals surface area contributed by atoms with E-state index in [1.165, 1.54) is 43.6 Å². The number of rotatable bonds is 2. The Kier molecular flexibility index (Phi) is 5.27. The van der Waals surface area contributed by atoms with Gasteiger partial charge in [0.1, 0.15) is 0 Å². The average molecular weight is 246 g/mol. The second-order valence-corrected chi connectivity index (χ2v) is 4.08. The molecule has 0 aromatic heterocycles. The Balaban J connectivity index is 0.00000112. The van der Waals surface area contributed by atoms with Crippen molar-refractivity contribution >= 4 is 29.7 Å². The third-order valence-corrected chi connectivity index (χ3v) is 3.12. The summed E-state index contributed by atoms with van der Waals surface area (Å²) in [5.41, 5.74) is 2.60. The van der Waals surface area contributed by atoms with Gasteiger partial charge in [0.15, 0.2) is 0 Å². The highest BCUT2D eigenvalue weighted by Crippen LogP contribution is 2.24. The van der Waals surface area contributed by atoms with Gasteiger partial charge in [-0.15, -0.1) is 24.0 Å². The summed E-state index contributed by atoms with van der Waals surface area (Å²) >= 11 is 5.92. The van der Waals surface area contributed by atoms with Crippen molar-refractivity contribution in [3.63, 3.8) is 0 Å². The zero-order chi connectivity index (χ0) is 9.80. The van der Waals surface area contributed by atoms with Crippen LogP contribution in [-0.2, 0) is 5.88 Å². The van der Waals surface area contributed by atoms with Crippen LogP contribution in [0.25, 0.3) is 0 Å². The van der Waals surface area contributed by atoms with Crippen molar-refractivity contribution in [1.82, 2.24) is 0 Å². The maximum Gasteiger partial charge on any atom is 0.0494 e. The molecule has 15 heavy (non-hydrogen) atoms. The Hall–Kier alpha value is -0.400. The van der Waals surface area contributed by atoms with E-state index in [0.717, 1.165) is 0 Å². The SMILES string of the molecule is Cl.ClCc1ccccc1N1CCCCC1. The van der Waals surface area contributed by atoms with Gasteiger partial charge >= 0.3 is 0 Å². The van der Waals surface area contributed by atoms with E-state index in [0.29, 0.717) is 5.88 Å². The molecule has 0 bridgehead atoms. The van der Waals surface area contributed by atoms with Crippen molar-refractivity contribution in [2.45, 2.75) is 25.1 Å². The molecule has 1 aliphatic heterocycles. The molecule has 3 heteroatoms. The number of benzene rings is 1. The summed E-state index contributed by atoms with van der Waals surface area (Å²) < 4.78 is 0. The lowest BCUT2D eigenvalue weighted by atomic mass is 10.1. The molecule has 2 rings (SSSR count). The molecule has 0 radical (unpaired) electrons. The van der Waals surface area contributed by atoms with Gasteiger partial charge in [0, 0.05) is 24.7 Å². The molecule has 0 unspecified atom stereocenters. The van der Waals surface area contributed by atoms with Crippen LogP contribution >= 0.6 is 24.0 Å². The normalized spacial score (nSPS) is 15.9. The summed E-state index contributed by atoms with van der Waals surface area (Å²) in [7, 11) is 0. The minimum absolute atomic E-state index is 0. The molecule has 0 aliphatic carbocycles. The lowest BCUT2D eigenvalue weighted by Crippen LogP contribution is -2.30. The molecule has 1 saturated heterocycles. The largest absolute Gasteiger partial charge is 0.371 e. The number of piperidine rings is 1. The van der Waals surface area contributed by atoms with Gasteiger partial charge in [0.05, 0.1) is 0 Å². The van der Waals surface area contributed by atoms with Crippen molar-refractivity contribution in [1.29, 1.82) is 0 Å². The summed E-state index contributed by atoms with van der Waals surface area (Å²) in [6.07, 6.45) is 4.01. The summed E-state index contributed by atoms with van der Waals surface area (Å²) in [5, 5.41) is 0. The van der Waals surface area contributed by atoms with E-state index in [-0.39, 0.29) is 12.4 Å². The van der Waals surface area contributed by atoms with Crippen molar-refractivity contribution in [3.05, 3.63) is 29.8 Å². The van der Waals surface area contributed by atoms with Crippen LogP contribution in [0.15, 0.2) is 24.3 Å². The fraction of sp³-hybridized carbons (Fsp3) is 0.500. The molecular formula is C12H17Cl2N. The molecule has 0 atom stereocenters. The van der Waals surface area contributed by atoms with Gasteiger partial charge in [-0.05, 0) is 30.9 Å². The number of alkyl halides is 1. The van der Waals surface area contributed by atoms with E-state index in [9.17, 15) is 0 Å². The first kappa shape index (κ1) is 12.7. The van der Waals surface area contributed by atoms with Crippen LogP contribution in [0, 0.1) is 0 Å². The predicted molar refractivity (Wildman–Crippen MR) is 69.3 cm³/mol. The average Bonchev–Trinajstić information content (AvgIpc) is 2.30. The highest BCUT2D eigenvalue weighted by molar-refractivity contribution is 6.17. The van der Waals surface area contributed by atoms with Crippen LogP contribution in [0.2, 0.25) is 0 Å². The fourth-order valence-electron chi connectivity index (χ4n) is 2.07. The van der Waals surface area contributed by atoms with Gasteiger partial charge in [-0.3, -0.25) is 0 Å². The molecule has 0 saturated carbocycles. The Labute approximate surface area is 103 Å². The van der Waals surface area contributed by atoms with Crippen molar-refractivity contribution in [2.75, 3.05) is 18.0 Å². The molecule has 1 heterocycles. The molecule has 84 valence electrons. The summed E-state index contributed by atoms with van der Waals surface area (Å²) in [6.45, 7) is 2.38. The quantitative estimate of drug-likeness (QED) is 0.716. The highest BCUT2D eigenvalue weighted by Gasteiger charge is 2.12. The van der Waals surface area contributed by atoms with E-state index in [1.54, 1.807) is 0 Å². The molecule has 0 spiro atoms. The minimum atomic E-state index is 0. The topological polar surface area (TPSA) is 3.24 Å². The number of nitrogens with zero attached hydrogens (tertiary/aromatic N) is 1. The number of halogens is 2. The zero-order valence-corrected chi connectivity index (χ0v) is 10.4. The molecule has 1 fully saturated rings. The maximum atomic E-state index is 5.92. The van der Waals surface area contributed by atoms with Crippen LogP contribution in [-0.4, -0.2) is 13.1 Å². The van der Waals surface area contributed by atoms with E-state index in [1.807, 2.05) is 0 Å². The summed E-state index contributed by atoms with van der Waals surface area (Å²) in [4.78, 5) is 2.46. The van der Waals surface area contributed by atoms with E-state index < -0.39 is 0 Å². The van der Waals surface area contributed by atoms with Crippen molar-refractivity contribution in [2.24, 2.45) is 0 Å². The monoisotopic (exact) mass is 245 g/mol. The zero-order valence-electron chi connectivity index (χ0n) is 8.79. The van der Waals surface area contributed by atoms with Crippen LogP contribution in [0.5, 0.6) is 0 Å². The van der Waals surface area contributed by atoms with Gasteiger partial charge < -0.3 is 4.90 Å². The molecule has 1 aromatic carbocycles. The standard InChI is InChI=1S/C12H16ClN.ClH/c13-10-11-6-2-3-7-12(11)14-8-4-1-5-9-14;/h2-3,6-7H,1,4-5,8-10H2;1H. The van der Waals surface area contributed by atoms with Crippen LogP contribution in [0.1, 0.15) is 24.8 Å². The first-order valence-electron chi connectivity index (χ1n) is 5.30. The van der Waals surface area contributed by atoms with Gasteiger partial charge in [0.25, 0.3) is 0 Å². The molecule has 0 amide bonds. The van der Waals surface area contributed by atoms with Crippen molar-refractivity contribution in [3.8, 4) is 0 Å². The minimum Gasteiger partial charge on any atom is -0.371 e. The van der Waals surface area contributed by atoms with Gasteiger partial charge in [-0.1, -0.05) is 18.2 Å². The first-order valence-corrected chi connectivity index (χ1v) is 5.84. The highest BCUT2D eigenvalue weighted by atomic mass is 35.5. The smallest absolute Gasteiger partial charge is 0.0494 e. The molecule has 1 aliphatic rings. The van der Waals surface area contributed by atoms with Crippen LogP contribution in [0.3, 0.4) is 0 Å². The van der Waals surface area contributed by atoms with Gasteiger partial charge in [-0.25, -0.2) is 0 Å². The Morgan fingerprint density at radius 1 is 1.07 bits per heavy atom. The number of hydrogen-bond acceptors (Lipinski definition) is 1. The van der Waals surface area contributed by atoms with Gasteiger partial charge in [-0.2, -0.15) is 0 Å². The van der Waals surface area contributed by atoms with Crippen molar-refractivity contribution < 1.29 is 0 Å². The first-order chi connectivity index (χ1) is 6.92. The maximum absolute atomic E-state index is 5.92. The fourth-order valence-corrected chi connectivity index (χ4v) is 2.29. The second-order valence-electron chi connectivity index (χ2n) is 3.81. The van der Waals surface area contributed by atoms with Crippen LogP contribution < -0.4 is 4.90 Å². The van der Waals surface area contributed by atoms with E-state index in [4.69, 9.17) is 11.6 Å². The Morgan fingerprint density at radius 3 is 2.40 bits per heavy atom. The van der Waals surface area contributed by atoms with Gasteiger partial charge in [0.2, 0.25) is 0 Å². The Bertz CT molecular complexity index is 295. The number of hydrogen-bond donors (Lipinski definition) is 0. The molecule has 0 N–H and O–H groups in total. The van der Waals surface area contributed by atoms with E-state index in [2.05, 4.69) is 29.2 Å². The third kappa shape index (κ3) is 3.02. The summed E-state index contributed by atoms with van der Waals surface area (Å²) in [5.74, 6) is 0.618. The van der Waals surface area contributed by atoms with Crippen LogP contribution in [0.4, 0.5) is 5.69 Å². The third-order valence-electron chi connectivity index (χ3n) is 2.83. The predicted octanol–water partition coefficient (Wildman–Crippen LogP) is 3.84. The van der Waals surface area contributed by atoms with E-state index >= 15 is 0 Å². The lowest BCUT2D eigenvalue weighted by Gasteiger charge is -2.30. The second kappa shape index (κ2) is 6.24. The summed E-state index contributed by atoms with van der Waals surface area (Å²) in [6, 6.07) is 8.46. The Morgan fingerprint density at radius 2 is 1.73 bits per heavy atom.